The molecule has 0 spiro atoms. The fraction of sp³-hybridized carbons (Fsp3) is 0. The quantitative estimate of drug-likeness (QED) is 0.577. The van der Waals surface area contributed by atoms with Gasteiger partial charge in [0, 0.05) is 30.4 Å². The average molecular weight is 396 g/mol. The Labute approximate surface area is 143 Å². The number of nitrogen functional groups attached to an aromatic ring is 1. The average Bonchev–Trinajstić information content (AvgIpc) is 3.06. The molecule has 0 aliphatic rings. The standard InChI is InChI=1S/C15H8BrClN2S2/c16-10-6-8(17)3-4-9(10)15-13(11-2-1-5-20-11)14(19)12(7-18)21-15/h1-6H,19H2. The van der Waals surface area contributed by atoms with Crippen LogP contribution in [0.15, 0.2) is 40.2 Å². The Morgan fingerprint density at radius 3 is 2.71 bits per heavy atom. The van der Waals surface area contributed by atoms with Gasteiger partial charge in [-0.15, -0.1) is 22.7 Å². The lowest BCUT2D eigenvalue weighted by Crippen LogP contribution is -1.88. The highest BCUT2D eigenvalue weighted by Gasteiger charge is 2.20. The van der Waals surface area contributed by atoms with E-state index in [-0.39, 0.29) is 0 Å². The lowest BCUT2D eigenvalue weighted by Gasteiger charge is -2.06. The van der Waals surface area contributed by atoms with Crippen LogP contribution in [-0.4, -0.2) is 0 Å². The van der Waals surface area contributed by atoms with Crippen molar-refractivity contribution in [3.63, 3.8) is 0 Å². The zero-order valence-electron chi connectivity index (χ0n) is 10.6. The zero-order chi connectivity index (χ0) is 15.0. The Morgan fingerprint density at radius 1 is 1.29 bits per heavy atom. The van der Waals surface area contributed by atoms with E-state index in [2.05, 4.69) is 22.0 Å². The van der Waals surface area contributed by atoms with Gasteiger partial charge >= 0.3 is 0 Å². The van der Waals surface area contributed by atoms with Crippen LogP contribution in [0, 0.1) is 11.3 Å². The van der Waals surface area contributed by atoms with Crippen LogP contribution in [0.3, 0.4) is 0 Å². The van der Waals surface area contributed by atoms with Crippen LogP contribution >= 0.6 is 50.2 Å². The number of hydrogen-bond acceptors (Lipinski definition) is 4. The molecule has 21 heavy (non-hydrogen) atoms. The van der Waals surface area contributed by atoms with E-state index in [1.807, 2.05) is 35.7 Å². The highest BCUT2D eigenvalue weighted by molar-refractivity contribution is 9.10. The lowest BCUT2D eigenvalue weighted by molar-refractivity contribution is 1.52. The molecule has 3 aromatic rings. The van der Waals surface area contributed by atoms with E-state index in [0.717, 1.165) is 25.4 Å². The van der Waals surface area contributed by atoms with E-state index >= 15 is 0 Å². The molecule has 2 N–H and O–H groups in total. The van der Waals surface area contributed by atoms with E-state index in [1.54, 1.807) is 11.3 Å². The summed E-state index contributed by atoms with van der Waals surface area (Å²) in [5.41, 5.74) is 8.63. The van der Waals surface area contributed by atoms with Gasteiger partial charge in [0.25, 0.3) is 0 Å². The van der Waals surface area contributed by atoms with Gasteiger partial charge in [-0.3, -0.25) is 0 Å². The molecule has 104 valence electrons. The second-order valence-corrected chi connectivity index (χ2v) is 7.52. The van der Waals surface area contributed by atoms with Gasteiger partial charge in [0.05, 0.1) is 5.69 Å². The molecule has 3 rings (SSSR count). The number of nitrogens with two attached hydrogens (primary N) is 1. The maximum absolute atomic E-state index is 9.27. The van der Waals surface area contributed by atoms with Gasteiger partial charge in [0.1, 0.15) is 10.9 Å². The number of nitriles is 1. The monoisotopic (exact) mass is 394 g/mol. The summed E-state index contributed by atoms with van der Waals surface area (Å²) in [7, 11) is 0. The Bertz CT molecular complexity index is 847. The van der Waals surface area contributed by atoms with Gasteiger partial charge in [-0.05, 0) is 23.6 Å². The molecule has 2 nitrogen and oxygen atoms in total. The van der Waals surface area contributed by atoms with Gasteiger partial charge in [0.2, 0.25) is 0 Å². The first-order valence-corrected chi connectivity index (χ1v) is 8.80. The number of rotatable bonds is 2. The molecule has 0 saturated heterocycles. The van der Waals surface area contributed by atoms with Crippen molar-refractivity contribution in [2.45, 2.75) is 0 Å². The van der Waals surface area contributed by atoms with Crippen LogP contribution in [0.2, 0.25) is 5.02 Å². The van der Waals surface area contributed by atoms with Gasteiger partial charge in [-0.2, -0.15) is 5.26 Å². The molecule has 0 saturated carbocycles. The van der Waals surface area contributed by atoms with Crippen LogP contribution in [0.4, 0.5) is 5.69 Å². The lowest BCUT2D eigenvalue weighted by atomic mass is 10.1. The minimum Gasteiger partial charge on any atom is -0.396 e. The van der Waals surface area contributed by atoms with Gasteiger partial charge < -0.3 is 5.73 Å². The zero-order valence-corrected chi connectivity index (χ0v) is 14.5. The van der Waals surface area contributed by atoms with Gasteiger partial charge in [-0.1, -0.05) is 39.7 Å². The number of thiophene rings is 2. The summed E-state index contributed by atoms with van der Waals surface area (Å²) in [6.45, 7) is 0. The normalized spacial score (nSPS) is 10.5. The maximum Gasteiger partial charge on any atom is 0.129 e. The van der Waals surface area contributed by atoms with Crippen LogP contribution in [-0.2, 0) is 0 Å². The van der Waals surface area contributed by atoms with Crippen molar-refractivity contribution < 1.29 is 0 Å². The third-order valence-corrected chi connectivity index (χ3v) is 5.91. The van der Waals surface area contributed by atoms with Crippen molar-refractivity contribution >= 4 is 55.9 Å². The Morgan fingerprint density at radius 2 is 2.10 bits per heavy atom. The van der Waals surface area contributed by atoms with Crippen LogP contribution < -0.4 is 5.73 Å². The molecule has 0 aliphatic carbocycles. The summed E-state index contributed by atoms with van der Waals surface area (Å²) in [5, 5.41) is 11.9. The smallest absolute Gasteiger partial charge is 0.129 e. The predicted molar refractivity (Wildman–Crippen MR) is 94.9 cm³/mol. The van der Waals surface area contributed by atoms with E-state index < -0.39 is 0 Å². The number of anilines is 1. The molecule has 2 aromatic heterocycles. The van der Waals surface area contributed by atoms with E-state index in [0.29, 0.717) is 15.6 Å². The summed E-state index contributed by atoms with van der Waals surface area (Å²) in [5.74, 6) is 0. The fourth-order valence-electron chi connectivity index (χ4n) is 2.06. The molecule has 6 heteroatoms. The van der Waals surface area contributed by atoms with Gasteiger partial charge in [0.15, 0.2) is 0 Å². The topological polar surface area (TPSA) is 49.8 Å². The van der Waals surface area contributed by atoms with Crippen molar-refractivity contribution in [2.75, 3.05) is 5.73 Å². The van der Waals surface area contributed by atoms with E-state index in [4.69, 9.17) is 17.3 Å². The largest absolute Gasteiger partial charge is 0.396 e. The molecule has 2 heterocycles. The molecule has 0 fully saturated rings. The first-order chi connectivity index (χ1) is 10.1. The first kappa shape index (κ1) is 14.6. The number of nitrogens with zero attached hydrogens (tertiary/aromatic N) is 1. The van der Waals surface area contributed by atoms with Crippen LogP contribution in [0.1, 0.15) is 4.88 Å². The van der Waals surface area contributed by atoms with Crippen molar-refractivity contribution in [3.8, 4) is 27.0 Å². The van der Waals surface area contributed by atoms with Crippen molar-refractivity contribution in [2.24, 2.45) is 0 Å². The molecular weight excluding hydrogens is 388 g/mol. The van der Waals surface area contributed by atoms with Crippen LogP contribution in [0.5, 0.6) is 0 Å². The second-order valence-electron chi connectivity index (χ2n) is 4.26. The SMILES string of the molecule is N#Cc1sc(-c2ccc(Cl)cc2Br)c(-c2cccs2)c1N. The highest BCUT2D eigenvalue weighted by atomic mass is 79.9. The third-order valence-electron chi connectivity index (χ3n) is 2.99. The minimum atomic E-state index is 0.537. The Kier molecular flexibility index (Phi) is 4.05. The van der Waals surface area contributed by atoms with Crippen molar-refractivity contribution in [1.29, 1.82) is 5.26 Å². The Hall–Kier alpha value is -1.32. The van der Waals surface area contributed by atoms with Crippen molar-refractivity contribution in [3.05, 3.63) is 50.1 Å². The summed E-state index contributed by atoms with van der Waals surface area (Å²) in [4.78, 5) is 2.58. The third kappa shape index (κ3) is 2.60. The predicted octanol–water partition coefficient (Wildman–Crippen LogP) is 6.01. The second kappa shape index (κ2) is 5.82. The maximum atomic E-state index is 9.27. The minimum absolute atomic E-state index is 0.537. The van der Waals surface area contributed by atoms with E-state index in [9.17, 15) is 5.26 Å². The molecule has 0 unspecified atom stereocenters. The van der Waals surface area contributed by atoms with E-state index in [1.165, 1.54) is 11.3 Å². The first-order valence-electron chi connectivity index (χ1n) is 5.93. The fourth-order valence-corrected chi connectivity index (χ4v) is 4.99. The summed E-state index contributed by atoms with van der Waals surface area (Å²) < 4.78 is 0.888. The summed E-state index contributed by atoms with van der Waals surface area (Å²) >= 11 is 12.6. The number of hydrogen-bond donors (Lipinski definition) is 1. The van der Waals surface area contributed by atoms with Gasteiger partial charge in [-0.25, -0.2) is 0 Å². The molecule has 0 atom stereocenters. The molecule has 0 radical (unpaired) electrons. The van der Waals surface area contributed by atoms with Crippen LogP contribution in [0.25, 0.3) is 20.9 Å². The molecular formula is C15H8BrClN2S2. The molecule has 0 bridgehead atoms. The molecule has 1 aromatic carbocycles. The summed E-state index contributed by atoms with van der Waals surface area (Å²) in [6, 6.07) is 11.8. The molecule has 0 amide bonds. The molecule has 0 aliphatic heterocycles. The highest BCUT2D eigenvalue weighted by Crippen LogP contribution is 2.48. The number of halogens is 2. The number of benzene rings is 1. The summed E-state index contributed by atoms with van der Waals surface area (Å²) in [6.07, 6.45) is 0. The van der Waals surface area contributed by atoms with Crippen molar-refractivity contribution in [1.82, 2.24) is 0 Å². The Balaban J connectivity index is 2.30.